The Morgan fingerprint density at radius 1 is 0.926 bits per heavy atom. The standard InChI is InChI=1S/C21H20N4O2/c1-14-6-3-8-17(15(14)2)25-21(27)19-10-4-9-18(24-19)20(26)23-13-16-7-5-11-22-12-16/h3-12H,13H2,1-2H3,(H,23,26)(H,25,27). The predicted octanol–water partition coefficient (Wildman–Crippen LogP) is 3.28. The molecule has 2 amide bonds. The Bertz CT molecular complexity index is 971. The minimum Gasteiger partial charge on any atom is -0.347 e. The van der Waals surface area contributed by atoms with Gasteiger partial charge >= 0.3 is 0 Å². The number of hydrogen-bond donors (Lipinski definition) is 2. The molecule has 0 spiro atoms. The number of rotatable bonds is 5. The number of aryl methyl sites for hydroxylation is 1. The minimum absolute atomic E-state index is 0.185. The molecule has 0 aliphatic carbocycles. The van der Waals surface area contributed by atoms with Crippen LogP contribution in [-0.4, -0.2) is 21.8 Å². The molecule has 0 fully saturated rings. The first-order valence-electron chi connectivity index (χ1n) is 8.56. The number of pyridine rings is 2. The van der Waals surface area contributed by atoms with Crippen molar-refractivity contribution < 1.29 is 9.59 Å². The molecule has 0 aliphatic rings. The number of aromatic nitrogens is 2. The van der Waals surface area contributed by atoms with E-state index >= 15 is 0 Å². The van der Waals surface area contributed by atoms with E-state index in [0.29, 0.717) is 6.54 Å². The van der Waals surface area contributed by atoms with Crippen LogP contribution in [0.15, 0.2) is 60.9 Å². The van der Waals surface area contributed by atoms with Crippen LogP contribution in [0.3, 0.4) is 0 Å². The first-order valence-corrected chi connectivity index (χ1v) is 8.56. The molecule has 1 aromatic carbocycles. The number of benzene rings is 1. The lowest BCUT2D eigenvalue weighted by atomic mass is 10.1. The molecule has 3 aromatic rings. The molecule has 6 heteroatoms. The maximum Gasteiger partial charge on any atom is 0.274 e. The third-order valence-electron chi connectivity index (χ3n) is 4.24. The van der Waals surface area contributed by atoms with Crippen LogP contribution in [0.5, 0.6) is 0 Å². The van der Waals surface area contributed by atoms with Crippen LogP contribution in [0.25, 0.3) is 0 Å². The van der Waals surface area contributed by atoms with Gasteiger partial charge in [0.1, 0.15) is 11.4 Å². The summed E-state index contributed by atoms with van der Waals surface area (Å²) in [6.45, 7) is 4.27. The second kappa shape index (κ2) is 8.23. The van der Waals surface area contributed by atoms with Gasteiger partial charge in [-0.05, 0) is 54.8 Å². The van der Waals surface area contributed by atoms with Crippen molar-refractivity contribution in [3.63, 3.8) is 0 Å². The first-order chi connectivity index (χ1) is 13.0. The summed E-state index contributed by atoms with van der Waals surface area (Å²) in [5.74, 6) is -0.703. The lowest BCUT2D eigenvalue weighted by Gasteiger charge is -2.10. The quantitative estimate of drug-likeness (QED) is 0.731. The highest BCUT2D eigenvalue weighted by molar-refractivity contribution is 6.04. The molecule has 6 nitrogen and oxygen atoms in total. The zero-order valence-corrected chi connectivity index (χ0v) is 15.2. The molecule has 0 aliphatic heterocycles. The predicted molar refractivity (Wildman–Crippen MR) is 104 cm³/mol. The molecule has 0 saturated carbocycles. The SMILES string of the molecule is Cc1cccc(NC(=O)c2cccc(C(=O)NCc3cccnc3)n2)c1C. The Balaban J connectivity index is 1.70. The smallest absolute Gasteiger partial charge is 0.274 e. The van der Waals surface area contributed by atoms with Crippen molar-refractivity contribution in [2.24, 2.45) is 0 Å². The molecule has 3 rings (SSSR count). The topological polar surface area (TPSA) is 84.0 Å². The number of hydrogen-bond acceptors (Lipinski definition) is 4. The van der Waals surface area contributed by atoms with Crippen molar-refractivity contribution in [1.29, 1.82) is 0 Å². The number of carbonyl (C=O) groups is 2. The number of nitrogens with zero attached hydrogens (tertiary/aromatic N) is 2. The summed E-state index contributed by atoms with van der Waals surface area (Å²) in [6.07, 6.45) is 3.35. The minimum atomic E-state index is -0.356. The van der Waals surface area contributed by atoms with Gasteiger partial charge < -0.3 is 10.6 Å². The molecule has 27 heavy (non-hydrogen) atoms. The van der Waals surface area contributed by atoms with E-state index in [9.17, 15) is 9.59 Å². The van der Waals surface area contributed by atoms with E-state index in [1.54, 1.807) is 36.7 Å². The molecule has 0 saturated heterocycles. The van der Waals surface area contributed by atoms with E-state index in [2.05, 4.69) is 20.6 Å². The van der Waals surface area contributed by atoms with Gasteiger partial charge in [0.2, 0.25) is 0 Å². The summed E-state index contributed by atoms with van der Waals surface area (Å²) >= 11 is 0. The second-order valence-corrected chi connectivity index (χ2v) is 6.15. The van der Waals surface area contributed by atoms with E-state index < -0.39 is 0 Å². The molecule has 0 radical (unpaired) electrons. The van der Waals surface area contributed by atoms with E-state index in [1.165, 1.54) is 0 Å². The van der Waals surface area contributed by atoms with Crippen LogP contribution in [0.1, 0.15) is 37.7 Å². The van der Waals surface area contributed by atoms with E-state index in [0.717, 1.165) is 22.4 Å². The van der Waals surface area contributed by atoms with Crippen LogP contribution in [0.2, 0.25) is 0 Å². The van der Waals surface area contributed by atoms with Crippen LogP contribution < -0.4 is 10.6 Å². The molecule has 2 N–H and O–H groups in total. The molecule has 0 bridgehead atoms. The van der Waals surface area contributed by atoms with Crippen molar-refractivity contribution >= 4 is 17.5 Å². The number of nitrogens with one attached hydrogen (secondary N) is 2. The monoisotopic (exact) mass is 360 g/mol. The molecule has 2 aromatic heterocycles. The van der Waals surface area contributed by atoms with Crippen molar-refractivity contribution in [1.82, 2.24) is 15.3 Å². The average Bonchev–Trinajstić information content (AvgIpc) is 2.70. The largest absolute Gasteiger partial charge is 0.347 e. The molecule has 0 unspecified atom stereocenters. The van der Waals surface area contributed by atoms with Gasteiger partial charge in [0, 0.05) is 24.6 Å². The maximum atomic E-state index is 12.5. The normalized spacial score (nSPS) is 10.3. The number of carbonyl (C=O) groups excluding carboxylic acids is 2. The average molecular weight is 360 g/mol. The van der Waals surface area contributed by atoms with Crippen molar-refractivity contribution in [3.05, 3.63) is 89.0 Å². The van der Waals surface area contributed by atoms with Crippen LogP contribution >= 0.6 is 0 Å². The van der Waals surface area contributed by atoms with E-state index in [-0.39, 0.29) is 23.2 Å². The van der Waals surface area contributed by atoms with Crippen LogP contribution in [0.4, 0.5) is 5.69 Å². The lowest BCUT2D eigenvalue weighted by Crippen LogP contribution is -2.25. The zero-order valence-electron chi connectivity index (χ0n) is 15.2. The van der Waals surface area contributed by atoms with Gasteiger partial charge in [-0.2, -0.15) is 0 Å². The fourth-order valence-corrected chi connectivity index (χ4v) is 2.54. The highest BCUT2D eigenvalue weighted by Gasteiger charge is 2.13. The summed E-state index contributed by atoms with van der Waals surface area (Å²) in [5.41, 5.74) is 4.07. The van der Waals surface area contributed by atoms with E-state index in [4.69, 9.17) is 0 Å². The Morgan fingerprint density at radius 2 is 1.67 bits per heavy atom. The van der Waals surface area contributed by atoms with Gasteiger partial charge in [-0.25, -0.2) is 4.98 Å². The molecular weight excluding hydrogens is 340 g/mol. The molecule has 0 atom stereocenters. The van der Waals surface area contributed by atoms with Crippen LogP contribution in [0, 0.1) is 13.8 Å². The lowest BCUT2D eigenvalue weighted by molar-refractivity contribution is 0.0945. The third kappa shape index (κ3) is 4.55. The highest BCUT2D eigenvalue weighted by atomic mass is 16.2. The van der Waals surface area contributed by atoms with Crippen molar-refractivity contribution in [2.45, 2.75) is 20.4 Å². The van der Waals surface area contributed by atoms with Crippen molar-refractivity contribution in [3.8, 4) is 0 Å². The van der Waals surface area contributed by atoms with E-state index in [1.807, 2.05) is 38.1 Å². The molecule has 136 valence electrons. The Kier molecular flexibility index (Phi) is 5.56. The van der Waals surface area contributed by atoms with Gasteiger partial charge in [0.25, 0.3) is 11.8 Å². The summed E-state index contributed by atoms with van der Waals surface area (Å²) in [6, 6.07) is 14.2. The van der Waals surface area contributed by atoms with Gasteiger partial charge in [-0.3, -0.25) is 14.6 Å². The fraction of sp³-hybridized carbons (Fsp3) is 0.143. The fourth-order valence-electron chi connectivity index (χ4n) is 2.54. The summed E-state index contributed by atoms with van der Waals surface area (Å²) < 4.78 is 0. The Hall–Kier alpha value is -3.54. The summed E-state index contributed by atoms with van der Waals surface area (Å²) in [5, 5.41) is 5.62. The first kappa shape index (κ1) is 18.3. The second-order valence-electron chi connectivity index (χ2n) is 6.15. The Morgan fingerprint density at radius 3 is 2.41 bits per heavy atom. The molecular formula is C21H20N4O2. The van der Waals surface area contributed by atoms with Gasteiger partial charge in [0.15, 0.2) is 0 Å². The highest BCUT2D eigenvalue weighted by Crippen LogP contribution is 2.18. The maximum absolute atomic E-state index is 12.5. The Labute approximate surface area is 157 Å². The summed E-state index contributed by atoms with van der Waals surface area (Å²) in [4.78, 5) is 33.0. The van der Waals surface area contributed by atoms with Gasteiger partial charge in [-0.15, -0.1) is 0 Å². The van der Waals surface area contributed by atoms with Crippen LogP contribution in [-0.2, 0) is 6.54 Å². The van der Waals surface area contributed by atoms with Gasteiger partial charge in [-0.1, -0.05) is 24.3 Å². The third-order valence-corrected chi connectivity index (χ3v) is 4.24. The number of amides is 2. The summed E-state index contributed by atoms with van der Waals surface area (Å²) in [7, 11) is 0. The van der Waals surface area contributed by atoms with Crippen molar-refractivity contribution in [2.75, 3.05) is 5.32 Å². The zero-order chi connectivity index (χ0) is 19.2. The number of anilines is 1. The molecule has 2 heterocycles. The van der Waals surface area contributed by atoms with Gasteiger partial charge in [0.05, 0.1) is 0 Å².